The van der Waals surface area contributed by atoms with Crippen LogP contribution in [0.5, 0.6) is 0 Å². The molecule has 1 N–H and O–H groups in total. The minimum atomic E-state index is -4.66. The van der Waals surface area contributed by atoms with Gasteiger partial charge >= 0.3 is 12.4 Å². The number of anilines is 3. The maximum Gasteiger partial charge on any atom is 0.433 e. The molecule has 1 fully saturated rings. The second-order valence-corrected chi connectivity index (χ2v) is 7.68. The summed E-state index contributed by atoms with van der Waals surface area (Å²) in [5, 5.41) is 2.71. The van der Waals surface area contributed by atoms with E-state index in [0.717, 1.165) is 18.2 Å². The zero-order valence-corrected chi connectivity index (χ0v) is 17.8. The summed E-state index contributed by atoms with van der Waals surface area (Å²) in [6, 6.07) is 7.78. The number of nitrogens with one attached hydrogen (secondary N) is 1. The SMILES string of the molecule is CN1CCN(c2nc(Nc3cccc(C(F)(F)F)c3)nc(-c3cccc(C(F)(F)F)n3)n2)CC1. The topological polar surface area (TPSA) is 70.1 Å². The number of likely N-dealkylation sites (N-methyl/N-ethyl adjacent to an activating group) is 1. The molecule has 1 aromatic carbocycles. The van der Waals surface area contributed by atoms with Crippen LogP contribution in [0.15, 0.2) is 42.5 Å². The first kappa shape index (κ1) is 23.7. The minimum Gasteiger partial charge on any atom is -0.338 e. The van der Waals surface area contributed by atoms with Crippen LogP contribution in [0.3, 0.4) is 0 Å². The van der Waals surface area contributed by atoms with Gasteiger partial charge in [-0.05, 0) is 37.4 Å². The summed E-state index contributed by atoms with van der Waals surface area (Å²) in [5.74, 6) is -0.0613. The van der Waals surface area contributed by atoms with Crippen LogP contribution in [-0.4, -0.2) is 58.1 Å². The van der Waals surface area contributed by atoms with E-state index in [1.165, 1.54) is 24.3 Å². The number of nitrogens with zero attached hydrogens (tertiary/aromatic N) is 6. The Morgan fingerprint density at radius 2 is 1.50 bits per heavy atom. The van der Waals surface area contributed by atoms with Crippen molar-refractivity contribution >= 4 is 17.6 Å². The molecular formula is C21H19F6N7. The molecule has 4 rings (SSSR count). The van der Waals surface area contributed by atoms with Crippen LogP contribution in [-0.2, 0) is 12.4 Å². The van der Waals surface area contributed by atoms with Gasteiger partial charge in [0, 0.05) is 31.9 Å². The lowest BCUT2D eigenvalue weighted by Crippen LogP contribution is -2.45. The number of benzene rings is 1. The molecule has 1 saturated heterocycles. The summed E-state index contributed by atoms with van der Waals surface area (Å²) < 4.78 is 78.7. The number of pyridine rings is 1. The molecule has 0 radical (unpaired) electrons. The van der Waals surface area contributed by atoms with E-state index in [2.05, 4.69) is 30.2 Å². The maximum atomic E-state index is 13.2. The number of piperazine rings is 1. The lowest BCUT2D eigenvalue weighted by Gasteiger charge is -2.32. The lowest BCUT2D eigenvalue weighted by molar-refractivity contribution is -0.141. The molecule has 0 aliphatic carbocycles. The van der Waals surface area contributed by atoms with Crippen LogP contribution < -0.4 is 10.2 Å². The number of aromatic nitrogens is 4. The third kappa shape index (κ3) is 5.53. The van der Waals surface area contributed by atoms with Crippen LogP contribution in [0, 0.1) is 0 Å². The number of alkyl halides is 6. The van der Waals surface area contributed by atoms with Crippen molar-refractivity contribution in [3.8, 4) is 11.5 Å². The van der Waals surface area contributed by atoms with Gasteiger partial charge < -0.3 is 15.1 Å². The van der Waals surface area contributed by atoms with Gasteiger partial charge in [-0.2, -0.15) is 41.3 Å². The monoisotopic (exact) mass is 483 g/mol. The smallest absolute Gasteiger partial charge is 0.338 e. The molecule has 0 amide bonds. The van der Waals surface area contributed by atoms with Crippen molar-refractivity contribution in [1.29, 1.82) is 0 Å². The highest BCUT2D eigenvalue weighted by Gasteiger charge is 2.33. The molecule has 0 saturated carbocycles. The average molecular weight is 483 g/mol. The van der Waals surface area contributed by atoms with E-state index in [4.69, 9.17) is 0 Å². The van der Waals surface area contributed by atoms with Gasteiger partial charge in [0.15, 0.2) is 5.82 Å². The number of halogens is 6. The van der Waals surface area contributed by atoms with Gasteiger partial charge in [-0.25, -0.2) is 4.98 Å². The second-order valence-electron chi connectivity index (χ2n) is 7.68. The van der Waals surface area contributed by atoms with E-state index in [1.807, 2.05) is 11.9 Å². The zero-order chi connectivity index (χ0) is 24.5. The highest BCUT2D eigenvalue weighted by molar-refractivity contribution is 5.60. The van der Waals surface area contributed by atoms with Crippen LogP contribution in [0.2, 0.25) is 0 Å². The van der Waals surface area contributed by atoms with Crippen LogP contribution in [0.25, 0.3) is 11.5 Å². The quantitative estimate of drug-likeness (QED) is 0.550. The predicted molar refractivity (Wildman–Crippen MR) is 112 cm³/mol. The largest absolute Gasteiger partial charge is 0.433 e. The zero-order valence-electron chi connectivity index (χ0n) is 17.8. The van der Waals surface area contributed by atoms with Gasteiger partial charge in [-0.3, -0.25) is 0 Å². The van der Waals surface area contributed by atoms with Crippen LogP contribution in [0.4, 0.5) is 43.9 Å². The molecule has 3 aromatic rings. The first-order valence-corrected chi connectivity index (χ1v) is 10.2. The Morgan fingerprint density at radius 3 is 2.18 bits per heavy atom. The Balaban J connectivity index is 1.74. The molecule has 0 atom stereocenters. The van der Waals surface area contributed by atoms with Crippen molar-refractivity contribution in [3.63, 3.8) is 0 Å². The summed E-state index contributed by atoms with van der Waals surface area (Å²) in [4.78, 5) is 20.3. The molecule has 1 aliphatic rings. The fraction of sp³-hybridized carbons (Fsp3) is 0.333. The Labute approximate surface area is 190 Å². The van der Waals surface area contributed by atoms with Crippen LogP contribution >= 0.6 is 0 Å². The van der Waals surface area contributed by atoms with Crippen molar-refractivity contribution in [1.82, 2.24) is 24.8 Å². The van der Waals surface area contributed by atoms with E-state index in [9.17, 15) is 26.3 Å². The second kappa shape index (κ2) is 9.05. The summed E-state index contributed by atoms with van der Waals surface area (Å²) in [5.41, 5.74) is -2.06. The van der Waals surface area contributed by atoms with Crippen molar-refractivity contribution in [2.75, 3.05) is 43.4 Å². The Kier molecular flexibility index (Phi) is 6.30. The number of hydrogen-bond donors (Lipinski definition) is 1. The van der Waals surface area contributed by atoms with E-state index >= 15 is 0 Å². The highest BCUT2D eigenvalue weighted by atomic mass is 19.4. The molecule has 34 heavy (non-hydrogen) atoms. The van der Waals surface area contributed by atoms with Crippen molar-refractivity contribution < 1.29 is 26.3 Å². The Bertz CT molecular complexity index is 1160. The van der Waals surface area contributed by atoms with Gasteiger partial charge in [0.2, 0.25) is 11.9 Å². The first-order valence-electron chi connectivity index (χ1n) is 10.2. The molecular weight excluding hydrogens is 464 g/mol. The summed E-state index contributed by atoms with van der Waals surface area (Å²) in [7, 11) is 1.95. The molecule has 13 heteroatoms. The minimum absolute atomic E-state index is 0.0632. The molecule has 0 bridgehead atoms. The summed E-state index contributed by atoms with van der Waals surface area (Å²) >= 11 is 0. The molecule has 0 unspecified atom stereocenters. The van der Waals surface area contributed by atoms with Gasteiger partial charge in [-0.1, -0.05) is 12.1 Å². The van der Waals surface area contributed by atoms with E-state index in [-0.39, 0.29) is 29.1 Å². The van der Waals surface area contributed by atoms with E-state index in [0.29, 0.717) is 26.2 Å². The fourth-order valence-electron chi connectivity index (χ4n) is 3.30. The number of hydrogen-bond acceptors (Lipinski definition) is 7. The molecule has 0 spiro atoms. The third-order valence-electron chi connectivity index (χ3n) is 5.12. The van der Waals surface area contributed by atoms with E-state index in [1.54, 1.807) is 0 Å². The van der Waals surface area contributed by atoms with Crippen molar-refractivity contribution in [2.24, 2.45) is 0 Å². The maximum absolute atomic E-state index is 13.2. The molecule has 7 nitrogen and oxygen atoms in total. The molecule has 3 heterocycles. The van der Waals surface area contributed by atoms with Gasteiger partial charge in [-0.15, -0.1) is 0 Å². The van der Waals surface area contributed by atoms with E-state index < -0.39 is 23.6 Å². The summed E-state index contributed by atoms with van der Waals surface area (Å²) in [6.45, 7) is 2.52. The predicted octanol–water partition coefficient (Wildman–Crippen LogP) is 4.47. The Hall–Kier alpha value is -3.48. The molecule has 1 aliphatic heterocycles. The lowest BCUT2D eigenvalue weighted by atomic mass is 10.2. The van der Waals surface area contributed by atoms with Gasteiger partial charge in [0.05, 0.1) is 5.56 Å². The molecule has 180 valence electrons. The van der Waals surface area contributed by atoms with Crippen molar-refractivity contribution in [3.05, 3.63) is 53.7 Å². The normalized spacial score (nSPS) is 15.4. The van der Waals surface area contributed by atoms with Crippen molar-refractivity contribution in [2.45, 2.75) is 12.4 Å². The van der Waals surface area contributed by atoms with Crippen LogP contribution in [0.1, 0.15) is 11.3 Å². The van der Waals surface area contributed by atoms with Gasteiger partial charge in [0.1, 0.15) is 11.4 Å². The fourth-order valence-corrected chi connectivity index (χ4v) is 3.30. The third-order valence-corrected chi connectivity index (χ3v) is 5.12. The average Bonchev–Trinajstić information content (AvgIpc) is 2.78. The summed E-state index contributed by atoms with van der Waals surface area (Å²) in [6.07, 6.45) is -9.21. The Morgan fingerprint density at radius 1 is 0.794 bits per heavy atom. The first-order chi connectivity index (χ1) is 16.0. The number of rotatable bonds is 4. The standard InChI is InChI=1S/C21H19F6N7/c1-33-8-10-34(11-9-33)19-31-17(15-6-3-7-16(29-15)21(25,26)27)30-18(32-19)28-14-5-2-4-13(12-14)20(22,23)24/h2-7,12H,8-11H2,1H3,(H,28,30,31,32). The highest BCUT2D eigenvalue weighted by Crippen LogP contribution is 2.32. The molecule has 2 aromatic heterocycles. The van der Waals surface area contributed by atoms with Gasteiger partial charge in [0.25, 0.3) is 0 Å².